The predicted molar refractivity (Wildman–Crippen MR) is 100 cm³/mol. The van der Waals surface area contributed by atoms with E-state index >= 15 is 0 Å². The van der Waals surface area contributed by atoms with Crippen LogP contribution in [0.3, 0.4) is 0 Å². The first-order valence-electron chi connectivity index (χ1n) is 8.81. The zero-order chi connectivity index (χ0) is 19.9. The van der Waals surface area contributed by atoms with Crippen LogP contribution in [0, 0.1) is 16.7 Å². The second kappa shape index (κ2) is 6.66. The van der Waals surface area contributed by atoms with Crippen LogP contribution in [0.5, 0.6) is 17.2 Å². The number of nitrogens with one attached hydrogen (secondary N) is 1. The maximum Gasteiger partial charge on any atom is 0.200 e. The predicted octanol–water partition coefficient (Wildman–Crippen LogP) is 3.54. The summed E-state index contributed by atoms with van der Waals surface area (Å²) < 4.78 is 10.5. The molecule has 1 aromatic carbocycles. The van der Waals surface area contributed by atoms with Gasteiger partial charge in [-0.3, -0.25) is 4.79 Å². The zero-order valence-corrected chi connectivity index (χ0v) is 16.3. The summed E-state index contributed by atoms with van der Waals surface area (Å²) in [6, 6.07) is 5.58. The summed E-state index contributed by atoms with van der Waals surface area (Å²) in [5.74, 6) is -0.113. The number of benzene rings is 1. The number of ether oxygens (including phenoxy) is 2. The van der Waals surface area contributed by atoms with Gasteiger partial charge in [-0.15, -0.1) is 0 Å². The van der Waals surface area contributed by atoms with Crippen molar-refractivity contribution in [3.8, 4) is 23.3 Å². The molecular weight excluding hydrogens is 344 g/mol. The van der Waals surface area contributed by atoms with Crippen LogP contribution in [0.15, 0.2) is 34.7 Å². The van der Waals surface area contributed by atoms with Gasteiger partial charge >= 0.3 is 0 Å². The number of hydrogen-bond donors (Lipinski definition) is 2. The highest BCUT2D eigenvalue weighted by Crippen LogP contribution is 2.48. The van der Waals surface area contributed by atoms with E-state index in [2.05, 4.69) is 25.2 Å². The molecule has 3 rings (SSSR count). The molecule has 1 aliphatic carbocycles. The molecule has 0 spiro atoms. The molecule has 0 saturated carbocycles. The Balaban J connectivity index is 2.25. The van der Waals surface area contributed by atoms with E-state index in [1.54, 1.807) is 12.1 Å². The van der Waals surface area contributed by atoms with Gasteiger partial charge in [0, 0.05) is 23.4 Å². The molecule has 1 aromatic rings. The molecule has 0 saturated heterocycles. The standard InChI is InChI=1S/C21H24N2O4/c1-11-13(10-22)18(12-6-16(26-4)20(25)17(7-12)27-5)19-14(23-11)8-21(2,3)9-15(19)24/h6-7,18,23,25H,8-9H2,1-5H3/t18-/m1/s1. The second-order valence-corrected chi connectivity index (χ2v) is 7.82. The van der Waals surface area contributed by atoms with Crippen molar-refractivity contribution in [3.05, 3.63) is 40.2 Å². The lowest BCUT2D eigenvalue weighted by Crippen LogP contribution is -2.36. The SMILES string of the molecule is COc1cc([C@@H]2C(C#N)=C(C)NC3=C2C(=O)CC(C)(C)C3)cc(OC)c1O. The normalized spacial score (nSPS) is 21.3. The fourth-order valence-corrected chi connectivity index (χ4v) is 4.00. The van der Waals surface area contributed by atoms with E-state index in [-0.39, 0.29) is 28.4 Å². The smallest absolute Gasteiger partial charge is 0.200 e. The van der Waals surface area contributed by atoms with E-state index in [0.29, 0.717) is 23.1 Å². The van der Waals surface area contributed by atoms with Crippen LogP contribution in [-0.4, -0.2) is 25.1 Å². The monoisotopic (exact) mass is 368 g/mol. The number of dihydropyridines is 1. The number of methoxy groups -OCH3 is 2. The lowest BCUT2D eigenvalue weighted by Gasteiger charge is -2.38. The van der Waals surface area contributed by atoms with Gasteiger partial charge in [-0.2, -0.15) is 5.26 Å². The number of aromatic hydroxyl groups is 1. The molecule has 1 atom stereocenters. The number of rotatable bonds is 3. The van der Waals surface area contributed by atoms with Crippen LogP contribution in [0.25, 0.3) is 0 Å². The van der Waals surface area contributed by atoms with Crippen molar-refractivity contribution in [2.24, 2.45) is 5.41 Å². The Kier molecular flexibility index (Phi) is 4.64. The summed E-state index contributed by atoms with van der Waals surface area (Å²) in [5, 5.41) is 23.3. The van der Waals surface area contributed by atoms with Gasteiger partial charge in [-0.25, -0.2) is 0 Å². The summed E-state index contributed by atoms with van der Waals surface area (Å²) in [6.07, 6.45) is 1.15. The van der Waals surface area contributed by atoms with Crippen LogP contribution in [0.2, 0.25) is 0 Å². The van der Waals surface area contributed by atoms with Gasteiger partial charge in [-0.05, 0) is 36.5 Å². The second-order valence-electron chi connectivity index (χ2n) is 7.82. The van der Waals surface area contributed by atoms with Gasteiger partial charge in [-0.1, -0.05) is 13.8 Å². The van der Waals surface area contributed by atoms with Crippen molar-refractivity contribution in [2.75, 3.05) is 14.2 Å². The number of carbonyl (C=O) groups is 1. The van der Waals surface area contributed by atoms with Gasteiger partial charge in [0.05, 0.1) is 31.8 Å². The molecule has 0 amide bonds. The van der Waals surface area contributed by atoms with Crippen LogP contribution < -0.4 is 14.8 Å². The maximum absolute atomic E-state index is 13.0. The van der Waals surface area contributed by atoms with E-state index in [1.807, 2.05) is 6.92 Å². The van der Waals surface area contributed by atoms with Crippen molar-refractivity contribution < 1.29 is 19.4 Å². The Morgan fingerprint density at radius 1 is 1.22 bits per heavy atom. The quantitative estimate of drug-likeness (QED) is 0.848. The van der Waals surface area contributed by atoms with Crippen molar-refractivity contribution in [1.29, 1.82) is 5.26 Å². The molecule has 6 heteroatoms. The summed E-state index contributed by atoms with van der Waals surface area (Å²) in [5.41, 5.74) is 3.24. The van der Waals surface area contributed by atoms with Gasteiger partial charge < -0.3 is 19.9 Å². The van der Waals surface area contributed by atoms with Crippen LogP contribution >= 0.6 is 0 Å². The van der Waals surface area contributed by atoms with E-state index in [4.69, 9.17) is 9.47 Å². The Bertz CT molecular complexity index is 894. The molecule has 0 unspecified atom stereocenters. The molecule has 2 N–H and O–H groups in total. The fraction of sp³-hybridized carbons (Fsp3) is 0.429. The van der Waals surface area contributed by atoms with E-state index in [1.165, 1.54) is 14.2 Å². The van der Waals surface area contributed by atoms with Gasteiger partial charge in [0.25, 0.3) is 0 Å². The Hall–Kier alpha value is -2.94. The third-order valence-corrected chi connectivity index (χ3v) is 5.20. The Morgan fingerprint density at radius 3 is 2.33 bits per heavy atom. The molecule has 1 heterocycles. The molecule has 0 aromatic heterocycles. The Morgan fingerprint density at radius 2 is 1.81 bits per heavy atom. The van der Waals surface area contributed by atoms with E-state index in [9.17, 15) is 15.2 Å². The number of Topliss-reactive ketones (excluding diaryl/α,β-unsaturated/α-hetero) is 1. The fourth-order valence-electron chi connectivity index (χ4n) is 4.00. The first-order valence-corrected chi connectivity index (χ1v) is 8.81. The molecule has 1 aliphatic heterocycles. The largest absolute Gasteiger partial charge is 0.502 e. The van der Waals surface area contributed by atoms with Crippen LogP contribution in [0.4, 0.5) is 0 Å². The number of hydrogen-bond acceptors (Lipinski definition) is 6. The molecule has 0 bridgehead atoms. The number of allylic oxidation sites excluding steroid dienone is 4. The van der Waals surface area contributed by atoms with Gasteiger partial charge in [0.2, 0.25) is 5.75 Å². The molecule has 142 valence electrons. The first-order chi connectivity index (χ1) is 12.7. The summed E-state index contributed by atoms with van der Waals surface area (Å²) in [7, 11) is 2.90. The molecule has 6 nitrogen and oxygen atoms in total. The third kappa shape index (κ3) is 3.14. The van der Waals surface area contributed by atoms with Crippen molar-refractivity contribution in [3.63, 3.8) is 0 Å². The molecule has 27 heavy (non-hydrogen) atoms. The number of phenolic OH excluding ortho intramolecular Hbond substituents is 1. The molecule has 2 aliphatic rings. The van der Waals surface area contributed by atoms with Crippen molar-refractivity contribution in [1.82, 2.24) is 5.32 Å². The van der Waals surface area contributed by atoms with Crippen molar-refractivity contribution >= 4 is 5.78 Å². The summed E-state index contributed by atoms with van der Waals surface area (Å²) in [6.45, 7) is 5.98. The minimum Gasteiger partial charge on any atom is -0.502 e. The number of ketones is 1. The highest BCUT2D eigenvalue weighted by molar-refractivity contribution is 6.00. The number of nitriles is 1. The average Bonchev–Trinajstić information content (AvgIpc) is 2.59. The van der Waals surface area contributed by atoms with Gasteiger partial charge in [0.1, 0.15) is 0 Å². The molecule has 0 radical (unpaired) electrons. The third-order valence-electron chi connectivity index (χ3n) is 5.20. The molecule has 0 fully saturated rings. The lowest BCUT2D eigenvalue weighted by molar-refractivity contribution is -0.118. The highest BCUT2D eigenvalue weighted by Gasteiger charge is 2.41. The van der Waals surface area contributed by atoms with E-state index in [0.717, 1.165) is 17.8 Å². The minimum atomic E-state index is -0.516. The summed E-state index contributed by atoms with van der Waals surface area (Å²) in [4.78, 5) is 13.0. The van der Waals surface area contributed by atoms with Crippen LogP contribution in [-0.2, 0) is 4.79 Å². The van der Waals surface area contributed by atoms with Crippen molar-refractivity contribution in [2.45, 2.75) is 39.5 Å². The first kappa shape index (κ1) is 18.8. The highest BCUT2D eigenvalue weighted by atomic mass is 16.5. The number of nitrogens with zero attached hydrogens (tertiary/aromatic N) is 1. The maximum atomic E-state index is 13.0. The topological polar surface area (TPSA) is 91.6 Å². The number of phenols is 1. The zero-order valence-electron chi connectivity index (χ0n) is 16.3. The van der Waals surface area contributed by atoms with E-state index < -0.39 is 5.92 Å². The Labute approximate surface area is 159 Å². The number of carbonyl (C=O) groups excluding carboxylic acids is 1. The minimum absolute atomic E-state index is 0.0324. The lowest BCUT2D eigenvalue weighted by atomic mass is 9.69. The average molecular weight is 368 g/mol. The van der Waals surface area contributed by atoms with Gasteiger partial charge in [0.15, 0.2) is 17.3 Å². The summed E-state index contributed by atoms with van der Waals surface area (Å²) >= 11 is 0. The molecular formula is C21H24N2O4. The van der Waals surface area contributed by atoms with Crippen LogP contribution in [0.1, 0.15) is 45.1 Å².